The summed E-state index contributed by atoms with van der Waals surface area (Å²) in [6, 6.07) is 11.5. The van der Waals surface area contributed by atoms with E-state index in [1.807, 2.05) is 12.1 Å². The molecule has 0 unspecified atom stereocenters. The van der Waals surface area contributed by atoms with Gasteiger partial charge < -0.3 is 10.1 Å². The highest BCUT2D eigenvalue weighted by Gasteiger charge is 2.07. The van der Waals surface area contributed by atoms with Crippen LogP contribution in [0.1, 0.15) is 21.6 Å². The van der Waals surface area contributed by atoms with Crippen LogP contribution in [0.5, 0.6) is 0 Å². The fraction of sp³-hybridized carbons (Fsp3) is 0.214. The van der Waals surface area contributed by atoms with Crippen LogP contribution in [0, 0.1) is 6.92 Å². The van der Waals surface area contributed by atoms with Crippen molar-refractivity contribution < 1.29 is 9.53 Å². The molecule has 2 rings (SSSR count). The van der Waals surface area contributed by atoms with Gasteiger partial charge in [0.15, 0.2) is 5.69 Å². The van der Waals surface area contributed by atoms with Gasteiger partial charge in [-0.15, -0.1) is 10.2 Å². The summed E-state index contributed by atoms with van der Waals surface area (Å²) in [6.07, 6.45) is 0. The number of hydrogen-bond donors (Lipinski definition) is 1. The Kier molecular flexibility index (Phi) is 4.07. The van der Waals surface area contributed by atoms with Crippen molar-refractivity contribution in [3.8, 4) is 0 Å². The van der Waals surface area contributed by atoms with E-state index < -0.39 is 5.97 Å². The average Bonchev–Trinajstić information content (AvgIpc) is 2.45. The van der Waals surface area contributed by atoms with Crippen LogP contribution in [0.15, 0.2) is 36.4 Å². The molecular formula is C14H15N3O2. The van der Waals surface area contributed by atoms with Crippen molar-refractivity contribution in [2.45, 2.75) is 13.5 Å². The van der Waals surface area contributed by atoms with Gasteiger partial charge in [-0.3, -0.25) is 0 Å². The lowest BCUT2D eigenvalue weighted by molar-refractivity contribution is 0.0593. The van der Waals surface area contributed by atoms with Crippen LogP contribution >= 0.6 is 0 Å². The molecule has 0 atom stereocenters. The first-order valence-corrected chi connectivity index (χ1v) is 5.90. The second kappa shape index (κ2) is 5.95. The predicted octanol–water partition coefficient (Wildman–Crippen LogP) is 2.18. The molecule has 98 valence electrons. The highest BCUT2D eigenvalue weighted by Crippen LogP contribution is 2.08. The quantitative estimate of drug-likeness (QED) is 0.850. The van der Waals surface area contributed by atoms with Crippen LogP contribution in [-0.4, -0.2) is 23.3 Å². The summed E-state index contributed by atoms with van der Waals surface area (Å²) in [5.74, 6) is 0.131. The third kappa shape index (κ3) is 3.51. The van der Waals surface area contributed by atoms with Gasteiger partial charge in [0, 0.05) is 6.54 Å². The van der Waals surface area contributed by atoms with E-state index in [-0.39, 0.29) is 5.69 Å². The molecule has 0 spiro atoms. The Hall–Kier alpha value is -2.43. The molecule has 0 amide bonds. The summed E-state index contributed by atoms with van der Waals surface area (Å²) in [5, 5.41) is 10.9. The molecule has 2 aromatic rings. The van der Waals surface area contributed by atoms with E-state index >= 15 is 0 Å². The van der Waals surface area contributed by atoms with Crippen molar-refractivity contribution in [2.24, 2.45) is 0 Å². The number of rotatable bonds is 4. The summed E-state index contributed by atoms with van der Waals surface area (Å²) in [4.78, 5) is 11.2. The number of ether oxygens (including phenoxy) is 1. The fourth-order valence-corrected chi connectivity index (χ4v) is 1.65. The number of carbonyl (C=O) groups is 1. The third-order valence-corrected chi connectivity index (χ3v) is 2.62. The van der Waals surface area contributed by atoms with E-state index in [0.29, 0.717) is 12.4 Å². The Morgan fingerprint density at radius 2 is 2.11 bits per heavy atom. The van der Waals surface area contributed by atoms with E-state index in [1.54, 1.807) is 12.1 Å². The summed E-state index contributed by atoms with van der Waals surface area (Å²) in [6.45, 7) is 2.71. The van der Waals surface area contributed by atoms with Crippen molar-refractivity contribution in [2.75, 3.05) is 12.4 Å². The maximum Gasteiger partial charge on any atom is 0.358 e. The van der Waals surface area contributed by atoms with E-state index in [2.05, 4.69) is 39.3 Å². The maximum atomic E-state index is 11.2. The van der Waals surface area contributed by atoms with Crippen LogP contribution in [0.3, 0.4) is 0 Å². The summed E-state index contributed by atoms with van der Waals surface area (Å²) in [7, 11) is 1.31. The molecule has 1 heterocycles. The van der Waals surface area contributed by atoms with Crippen LogP contribution in [0.4, 0.5) is 5.82 Å². The second-order valence-corrected chi connectivity index (χ2v) is 4.14. The van der Waals surface area contributed by atoms with Gasteiger partial charge in [0.1, 0.15) is 5.82 Å². The normalized spacial score (nSPS) is 10.0. The van der Waals surface area contributed by atoms with E-state index in [1.165, 1.54) is 18.2 Å². The molecule has 0 radical (unpaired) electrons. The first-order valence-electron chi connectivity index (χ1n) is 5.90. The summed E-state index contributed by atoms with van der Waals surface area (Å²) < 4.78 is 4.56. The Labute approximate surface area is 111 Å². The Balaban J connectivity index is 1.98. The first kappa shape index (κ1) is 13.0. The zero-order valence-corrected chi connectivity index (χ0v) is 10.9. The molecule has 0 aliphatic carbocycles. The number of methoxy groups -OCH3 is 1. The van der Waals surface area contributed by atoms with Gasteiger partial charge in [-0.25, -0.2) is 4.79 Å². The zero-order chi connectivity index (χ0) is 13.7. The second-order valence-electron chi connectivity index (χ2n) is 4.14. The predicted molar refractivity (Wildman–Crippen MR) is 71.9 cm³/mol. The largest absolute Gasteiger partial charge is 0.464 e. The molecular weight excluding hydrogens is 242 g/mol. The van der Waals surface area contributed by atoms with Crippen LogP contribution in [-0.2, 0) is 11.3 Å². The average molecular weight is 257 g/mol. The highest BCUT2D eigenvalue weighted by molar-refractivity contribution is 5.86. The molecule has 0 aliphatic heterocycles. The van der Waals surface area contributed by atoms with Gasteiger partial charge >= 0.3 is 5.97 Å². The van der Waals surface area contributed by atoms with E-state index in [4.69, 9.17) is 0 Å². The standard InChI is InChI=1S/C14H15N3O2/c1-10-4-3-5-11(8-10)9-15-13-7-6-12(16-17-13)14(18)19-2/h3-8H,9H2,1-2H3,(H,15,17). The van der Waals surface area contributed by atoms with Gasteiger partial charge in [0.2, 0.25) is 0 Å². The number of nitrogens with one attached hydrogen (secondary N) is 1. The van der Waals surface area contributed by atoms with Crippen molar-refractivity contribution in [1.82, 2.24) is 10.2 Å². The molecule has 0 saturated heterocycles. The molecule has 0 saturated carbocycles. The highest BCUT2D eigenvalue weighted by atomic mass is 16.5. The third-order valence-electron chi connectivity index (χ3n) is 2.62. The van der Waals surface area contributed by atoms with E-state index in [9.17, 15) is 4.79 Å². The Morgan fingerprint density at radius 1 is 1.26 bits per heavy atom. The van der Waals surface area contributed by atoms with E-state index in [0.717, 1.165) is 0 Å². The van der Waals surface area contributed by atoms with Crippen molar-refractivity contribution in [1.29, 1.82) is 0 Å². The Bertz CT molecular complexity index is 567. The van der Waals surface area contributed by atoms with Crippen molar-refractivity contribution in [3.63, 3.8) is 0 Å². The van der Waals surface area contributed by atoms with Gasteiger partial charge in [-0.1, -0.05) is 29.8 Å². The summed E-state index contributed by atoms with van der Waals surface area (Å²) >= 11 is 0. The number of hydrogen-bond acceptors (Lipinski definition) is 5. The number of anilines is 1. The monoisotopic (exact) mass is 257 g/mol. The first-order chi connectivity index (χ1) is 9.19. The zero-order valence-electron chi connectivity index (χ0n) is 10.9. The summed E-state index contributed by atoms with van der Waals surface area (Å²) in [5.41, 5.74) is 2.58. The number of carbonyl (C=O) groups excluding carboxylic acids is 1. The molecule has 1 aromatic carbocycles. The fourth-order valence-electron chi connectivity index (χ4n) is 1.65. The molecule has 0 aliphatic rings. The minimum Gasteiger partial charge on any atom is -0.464 e. The van der Waals surface area contributed by atoms with Crippen LogP contribution in [0.2, 0.25) is 0 Å². The van der Waals surface area contributed by atoms with Gasteiger partial charge in [0.05, 0.1) is 7.11 Å². The lowest BCUT2D eigenvalue weighted by Gasteiger charge is -2.06. The lowest BCUT2D eigenvalue weighted by Crippen LogP contribution is -2.08. The Morgan fingerprint density at radius 3 is 2.74 bits per heavy atom. The maximum absolute atomic E-state index is 11.2. The molecule has 0 bridgehead atoms. The molecule has 1 aromatic heterocycles. The molecule has 5 heteroatoms. The number of aryl methyl sites for hydroxylation is 1. The molecule has 5 nitrogen and oxygen atoms in total. The van der Waals surface area contributed by atoms with Crippen molar-refractivity contribution in [3.05, 3.63) is 53.2 Å². The molecule has 1 N–H and O–H groups in total. The molecule has 19 heavy (non-hydrogen) atoms. The number of nitrogens with zero attached hydrogens (tertiary/aromatic N) is 2. The van der Waals surface area contributed by atoms with Gasteiger partial charge in [-0.05, 0) is 24.6 Å². The van der Waals surface area contributed by atoms with Crippen LogP contribution < -0.4 is 5.32 Å². The number of benzene rings is 1. The number of esters is 1. The SMILES string of the molecule is COC(=O)c1ccc(NCc2cccc(C)c2)nn1. The van der Waals surface area contributed by atoms with Gasteiger partial charge in [0.25, 0.3) is 0 Å². The minimum atomic E-state index is -0.488. The van der Waals surface area contributed by atoms with Gasteiger partial charge in [-0.2, -0.15) is 0 Å². The number of aromatic nitrogens is 2. The lowest BCUT2D eigenvalue weighted by atomic mass is 10.1. The molecule has 0 fully saturated rings. The minimum absolute atomic E-state index is 0.198. The topological polar surface area (TPSA) is 64.1 Å². The smallest absolute Gasteiger partial charge is 0.358 e. The van der Waals surface area contributed by atoms with Crippen LogP contribution in [0.25, 0.3) is 0 Å². The van der Waals surface area contributed by atoms with Crippen molar-refractivity contribution >= 4 is 11.8 Å².